The highest BCUT2D eigenvalue weighted by Gasteiger charge is 2.31. The number of ether oxygens (including phenoxy) is 1. The van der Waals surface area contributed by atoms with Gasteiger partial charge < -0.3 is 14.9 Å². The molecule has 5 heteroatoms. The molecular formula is C13H14O5. The first-order chi connectivity index (χ1) is 8.56. The second-order valence-electron chi connectivity index (χ2n) is 4.21. The van der Waals surface area contributed by atoms with E-state index >= 15 is 0 Å². The van der Waals surface area contributed by atoms with Gasteiger partial charge in [-0.3, -0.25) is 4.79 Å². The van der Waals surface area contributed by atoms with Crippen LogP contribution in [0.5, 0.6) is 0 Å². The molecule has 1 aliphatic rings. The third-order valence-corrected chi connectivity index (χ3v) is 3.18. The molecule has 5 nitrogen and oxygen atoms in total. The van der Waals surface area contributed by atoms with Crippen LogP contribution < -0.4 is 0 Å². The van der Waals surface area contributed by atoms with Crippen molar-refractivity contribution in [1.82, 2.24) is 0 Å². The summed E-state index contributed by atoms with van der Waals surface area (Å²) < 4.78 is 4.38. The van der Waals surface area contributed by atoms with Crippen molar-refractivity contribution in [2.24, 2.45) is 0 Å². The molecule has 0 aromatic heterocycles. The molecule has 0 saturated heterocycles. The molecule has 0 amide bonds. The van der Waals surface area contributed by atoms with Crippen molar-refractivity contribution in [2.45, 2.75) is 25.0 Å². The van der Waals surface area contributed by atoms with Crippen LogP contribution in [0.4, 0.5) is 0 Å². The average molecular weight is 250 g/mol. The van der Waals surface area contributed by atoms with Gasteiger partial charge in [-0.05, 0) is 17.5 Å². The standard InChI is InChI=1S/C13H14O5/c1-18-13(17)12(16)11(15)9-4-2-3-8-7(9)5-6-10(8)14/h2-4,11-12,15-16H,5-6H2,1H3. The zero-order valence-corrected chi connectivity index (χ0v) is 9.92. The highest BCUT2D eigenvalue weighted by atomic mass is 16.5. The third kappa shape index (κ3) is 2.02. The Bertz CT molecular complexity index is 494. The monoisotopic (exact) mass is 250 g/mol. The van der Waals surface area contributed by atoms with E-state index in [9.17, 15) is 19.8 Å². The first-order valence-electron chi connectivity index (χ1n) is 5.65. The molecule has 0 fully saturated rings. The number of hydrogen-bond acceptors (Lipinski definition) is 5. The minimum atomic E-state index is -1.64. The van der Waals surface area contributed by atoms with Gasteiger partial charge in [0.25, 0.3) is 0 Å². The number of carbonyl (C=O) groups excluding carboxylic acids is 2. The van der Waals surface area contributed by atoms with Crippen molar-refractivity contribution in [3.63, 3.8) is 0 Å². The number of aliphatic hydroxyl groups is 2. The van der Waals surface area contributed by atoms with Gasteiger partial charge in [-0.2, -0.15) is 0 Å². The van der Waals surface area contributed by atoms with Crippen molar-refractivity contribution >= 4 is 11.8 Å². The molecule has 1 aliphatic carbocycles. The Balaban J connectivity index is 2.35. The molecule has 1 aromatic rings. The number of carbonyl (C=O) groups is 2. The van der Waals surface area contributed by atoms with Crippen LogP contribution >= 0.6 is 0 Å². The lowest BCUT2D eigenvalue weighted by Crippen LogP contribution is -2.29. The Labute approximate surface area is 104 Å². The van der Waals surface area contributed by atoms with Crippen LogP contribution in [0.15, 0.2) is 18.2 Å². The van der Waals surface area contributed by atoms with Crippen molar-refractivity contribution in [3.8, 4) is 0 Å². The van der Waals surface area contributed by atoms with Gasteiger partial charge in [0, 0.05) is 12.0 Å². The molecular weight excluding hydrogens is 236 g/mol. The SMILES string of the molecule is COC(=O)C(O)C(O)c1cccc2c1CCC2=O. The molecule has 0 bridgehead atoms. The number of benzene rings is 1. The molecule has 1 aromatic carbocycles. The fourth-order valence-corrected chi connectivity index (χ4v) is 2.21. The van der Waals surface area contributed by atoms with Crippen LogP contribution in [-0.4, -0.2) is 35.2 Å². The molecule has 0 heterocycles. The Morgan fingerprint density at radius 1 is 1.33 bits per heavy atom. The van der Waals surface area contributed by atoms with Crippen LogP contribution in [0.2, 0.25) is 0 Å². The number of ketones is 1. The second kappa shape index (κ2) is 4.88. The van der Waals surface area contributed by atoms with E-state index in [1.54, 1.807) is 18.2 Å². The summed E-state index contributed by atoms with van der Waals surface area (Å²) in [7, 11) is 1.14. The maximum absolute atomic E-state index is 11.6. The van der Waals surface area contributed by atoms with E-state index in [4.69, 9.17) is 0 Å². The summed E-state index contributed by atoms with van der Waals surface area (Å²) in [5.74, 6) is -0.879. The van der Waals surface area contributed by atoms with Gasteiger partial charge in [-0.15, -0.1) is 0 Å². The smallest absolute Gasteiger partial charge is 0.337 e. The van der Waals surface area contributed by atoms with E-state index < -0.39 is 18.2 Å². The number of methoxy groups -OCH3 is 1. The van der Waals surface area contributed by atoms with Gasteiger partial charge in [0.15, 0.2) is 11.9 Å². The van der Waals surface area contributed by atoms with Crippen LogP contribution in [-0.2, 0) is 16.0 Å². The van der Waals surface area contributed by atoms with E-state index in [1.807, 2.05) is 0 Å². The normalized spacial score (nSPS) is 17.2. The number of fused-ring (bicyclic) bond motifs is 1. The van der Waals surface area contributed by atoms with Gasteiger partial charge in [-0.1, -0.05) is 18.2 Å². The Morgan fingerprint density at radius 3 is 2.72 bits per heavy atom. The lowest BCUT2D eigenvalue weighted by Gasteiger charge is -2.18. The molecule has 0 saturated carbocycles. The fraction of sp³-hybridized carbons (Fsp3) is 0.385. The highest BCUT2D eigenvalue weighted by molar-refractivity contribution is 6.00. The zero-order chi connectivity index (χ0) is 13.3. The molecule has 2 atom stereocenters. The summed E-state index contributed by atoms with van der Waals surface area (Å²) >= 11 is 0. The maximum atomic E-state index is 11.6. The maximum Gasteiger partial charge on any atom is 0.337 e. The third-order valence-electron chi connectivity index (χ3n) is 3.18. The molecule has 0 radical (unpaired) electrons. The molecule has 2 unspecified atom stereocenters. The summed E-state index contributed by atoms with van der Waals surface area (Å²) in [6, 6.07) is 4.92. The van der Waals surface area contributed by atoms with Crippen LogP contribution in [0.25, 0.3) is 0 Å². The van der Waals surface area contributed by atoms with E-state index in [1.165, 1.54) is 0 Å². The lowest BCUT2D eigenvalue weighted by atomic mass is 9.96. The van der Waals surface area contributed by atoms with E-state index in [0.29, 0.717) is 29.5 Å². The predicted octanol–water partition coefficient (Wildman–Crippen LogP) is 0.383. The van der Waals surface area contributed by atoms with Gasteiger partial charge in [0.1, 0.15) is 6.10 Å². The van der Waals surface area contributed by atoms with Crippen LogP contribution in [0.3, 0.4) is 0 Å². The molecule has 18 heavy (non-hydrogen) atoms. The number of esters is 1. The van der Waals surface area contributed by atoms with E-state index in [-0.39, 0.29) is 5.78 Å². The minimum Gasteiger partial charge on any atom is -0.467 e. The lowest BCUT2D eigenvalue weighted by molar-refractivity contribution is -0.156. The van der Waals surface area contributed by atoms with Gasteiger partial charge in [0.05, 0.1) is 7.11 Å². The van der Waals surface area contributed by atoms with E-state index in [2.05, 4.69) is 4.74 Å². The van der Waals surface area contributed by atoms with Crippen LogP contribution in [0.1, 0.15) is 34.0 Å². The zero-order valence-electron chi connectivity index (χ0n) is 9.92. The second-order valence-corrected chi connectivity index (χ2v) is 4.21. The molecule has 2 rings (SSSR count). The molecule has 2 N–H and O–H groups in total. The summed E-state index contributed by atoms with van der Waals surface area (Å²) in [5, 5.41) is 19.6. The van der Waals surface area contributed by atoms with Crippen molar-refractivity contribution in [2.75, 3.05) is 7.11 Å². The average Bonchev–Trinajstić information content (AvgIpc) is 2.78. The summed E-state index contributed by atoms with van der Waals surface area (Å²) in [5.41, 5.74) is 1.68. The van der Waals surface area contributed by atoms with E-state index in [0.717, 1.165) is 7.11 Å². The summed E-state index contributed by atoms with van der Waals surface area (Å²) in [6.07, 6.45) is -2.10. The van der Waals surface area contributed by atoms with Crippen molar-refractivity contribution in [1.29, 1.82) is 0 Å². The number of rotatable bonds is 3. The molecule has 0 aliphatic heterocycles. The first-order valence-corrected chi connectivity index (χ1v) is 5.65. The van der Waals surface area contributed by atoms with Crippen LogP contribution in [0, 0.1) is 0 Å². The minimum absolute atomic E-state index is 0.0200. The Kier molecular flexibility index (Phi) is 3.45. The van der Waals surface area contributed by atoms with Crippen molar-refractivity contribution < 1.29 is 24.5 Å². The highest BCUT2D eigenvalue weighted by Crippen LogP contribution is 2.30. The largest absolute Gasteiger partial charge is 0.467 e. The quantitative estimate of drug-likeness (QED) is 0.758. The predicted molar refractivity (Wildman–Crippen MR) is 62.1 cm³/mol. The Hall–Kier alpha value is -1.72. The Morgan fingerprint density at radius 2 is 2.06 bits per heavy atom. The summed E-state index contributed by atoms with van der Waals surface area (Å²) in [6.45, 7) is 0. The number of hydrogen-bond donors (Lipinski definition) is 2. The fourth-order valence-electron chi connectivity index (χ4n) is 2.21. The number of aliphatic hydroxyl groups excluding tert-OH is 2. The van der Waals surface area contributed by atoms with Gasteiger partial charge in [0.2, 0.25) is 0 Å². The van der Waals surface area contributed by atoms with Crippen molar-refractivity contribution in [3.05, 3.63) is 34.9 Å². The summed E-state index contributed by atoms with van der Waals surface area (Å²) in [4.78, 5) is 22.8. The molecule has 96 valence electrons. The first kappa shape index (κ1) is 12.7. The molecule has 0 spiro atoms. The topological polar surface area (TPSA) is 83.8 Å². The number of Topliss-reactive ketones (excluding diaryl/α,β-unsaturated/α-hetero) is 1. The van der Waals surface area contributed by atoms with Gasteiger partial charge >= 0.3 is 5.97 Å². The van der Waals surface area contributed by atoms with Gasteiger partial charge in [-0.25, -0.2) is 4.79 Å².